The molecular weight excluding hydrogens is 506 g/mol. The molecule has 10 atom stereocenters. The molecule has 1 N–H and O–H groups in total. The van der Waals surface area contributed by atoms with E-state index >= 15 is 0 Å². The van der Waals surface area contributed by atoms with Gasteiger partial charge in [0.1, 0.15) is 11.7 Å². The van der Waals surface area contributed by atoms with Crippen LogP contribution in [0.3, 0.4) is 0 Å². The number of carbonyl (C=O) groups is 2. The van der Waals surface area contributed by atoms with Crippen LogP contribution in [0.5, 0.6) is 0 Å². The zero-order valence-electron chi connectivity index (χ0n) is 23.5. The van der Waals surface area contributed by atoms with Gasteiger partial charge in [0.25, 0.3) is 0 Å². The number of halogens is 1. The summed E-state index contributed by atoms with van der Waals surface area (Å²) in [5, 5.41) is 11.7. The van der Waals surface area contributed by atoms with Gasteiger partial charge in [-0.1, -0.05) is 57.0 Å². The molecule has 8 heteroatoms. The number of aliphatic carboxylic acids is 1. The molecule has 3 saturated carbocycles. The number of hydrogen-bond donors (Lipinski definition) is 1. The zero-order chi connectivity index (χ0) is 27.6. The Balaban J connectivity index is 1.53. The van der Waals surface area contributed by atoms with E-state index in [0.29, 0.717) is 42.9 Å². The lowest BCUT2D eigenvalue weighted by atomic mass is 9.43. The highest BCUT2D eigenvalue weighted by atomic mass is 35.5. The fourth-order valence-corrected chi connectivity index (χ4v) is 9.83. The van der Waals surface area contributed by atoms with Crippen molar-refractivity contribution in [2.75, 3.05) is 33.4 Å². The zero-order valence-corrected chi connectivity index (χ0v) is 24.2. The Kier molecular flexibility index (Phi) is 7.43. The lowest BCUT2D eigenvalue weighted by Gasteiger charge is -2.58. The van der Waals surface area contributed by atoms with Crippen LogP contribution in [0.25, 0.3) is 0 Å². The third kappa shape index (κ3) is 3.75. The van der Waals surface area contributed by atoms with Gasteiger partial charge in [-0.3, -0.25) is 9.69 Å². The summed E-state index contributed by atoms with van der Waals surface area (Å²) >= 11 is 6.17. The summed E-state index contributed by atoms with van der Waals surface area (Å²) < 4.78 is 18.7. The molecule has 0 aromatic heterocycles. The third-order valence-corrected chi connectivity index (χ3v) is 11.2. The van der Waals surface area contributed by atoms with Crippen LogP contribution in [0, 0.1) is 45.8 Å². The van der Waals surface area contributed by atoms with Crippen molar-refractivity contribution in [2.24, 2.45) is 45.8 Å². The average Bonchev–Trinajstić information content (AvgIpc) is 3.37. The fraction of sp³-hybridized carbons (Fsp3) is 0.800. The molecule has 0 radical (unpaired) electrons. The smallest absolute Gasteiger partial charge is 0.315 e. The molecule has 5 rings (SSSR count). The van der Waals surface area contributed by atoms with E-state index in [2.05, 4.69) is 38.3 Å². The molecule has 0 aromatic carbocycles. The quantitative estimate of drug-likeness (QED) is 0.328. The standard InChI is InChI=1S/C30H44ClNO6/c1-17(2)24-9-21-10-28(15-33)23-8-7-18(3)22(23)11-29(21,30(24,28)27(34)35)16-37-26-14-32(12-19(4)31)13-25(36-6)20(5)38-26/h9,15,17-18,20-23,25-26H,4,7-8,10-14,16H2,1-3,5-6H3,(H,34,35)/t18-,20-,21?,22-,23-,25+,26-,28+,29?,30+/m1/s1. The Morgan fingerprint density at radius 3 is 2.66 bits per heavy atom. The molecule has 4 aliphatic carbocycles. The van der Waals surface area contributed by atoms with Gasteiger partial charge in [0, 0.05) is 37.2 Å². The fourth-order valence-electron chi connectivity index (χ4n) is 9.66. The van der Waals surface area contributed by atoms with Gasteiger partial charge in [0.05, 0.1) is 24.2 Å². The number of allylic oxidation sites excluding steroid dienone is 1. The lowest BCUT2D eigenvalue weighted by Crippen LogP contribution is -2.63. The van der Waals surface area contributed by atoms with Gasteiger partial charge in [0.15, 0.2) is 6.29 Å². The third-order valence-electron chi connectivity index (χ3n) is 11.1. The largest absolute Gasteiger partial charge is 0.481 e. The van der Waals surface area contributed by atoms with Crippen LogP contribution in [0.2, 0.25) is 0 Å². The number of hydrogen-bond acceptors (Lipinski definition) is 6. The van der Waals surface area contributed by atoms with E-state index in [1.165, 1.54) is 0 Å². The van der Waals surface area contributed by atoms with E-state index in [9.17, 15) is 14.7 Å². The highest BCUT2D eigenvalue weighted by Gasteiger charge is 2.84. The molecule has 5 aliphatic rings. The minimum Gasteiger partial charge on any atom is -0.481 e. The van der Waals surface area contributed by atoms with Crippen molar-refractivity contribution in [2.45, 2.75) is 71.9 Å². The predicted molar refractivity (Wildman–Crippen MR) is 145 cm³/mol. The summed E-state index contributed by atoms with van der Waals surface area (Å²) in [6, 6.07) is 0. The summed E-state index contributed by atoms with van der Waals surface area (Å²) in [6.45, 7) is 14.1. The van der Waals surface area contributed by atoms with Crippen molar-refractivity contribution >= 4 is 23.9 Å². The van der Waals surface area contributed by atoms with Gasteiger partial charge < -0.3 is 24.1 Å². The van der Waals surface area contributed by atoms with Crippen molar-refractivity contribution in [3.63, 3.8) is 0 Å². The summed E-state index contributed by atoms with van der Waals surface area (Å²) in [5.74, 6) is 0.0603. The topological polar surface area (TPSA) is 85.3 Å². The van der Waals surface area contributed by atoms with Crippen molar-refractivity contribution in [1.82, 2.24) is 4.90 Å². The van der Waals surface area contributed by atoms with Crippen LogP contribution < -0.4 is 0 Å². The van der Waals surface area contributed by atoms with Gasteiger partial charge in [0.2, 0.25) is 0 Å². The van der Waals surface area contributed by atoms with Crippen molar-refractivity contribution < 1.29 is 28.9 Å². The minimum absolute atomic E-state index is 0.00681. The maximum atomic E-state index is 13.6. The second-order valence-electron chi connectivity index (χ2n) is 13.1. The number of fused-ring (bicyclic) bond motifs is 2. The molecule has 0 amide bonds. The van der Waals surface area contributed by atoms with Crippen LogP contribution in [-0.2, 0) is 23.8 Å². The molecule has 4 fully saturated rings. The highest BCUT2D eigenvalue weighted by molar-refractivity contribution is 6.29. The number of nitrogens with zero attached hydrogens (tertiary/aromatic N) is 1. The normalized spacial score (nSPS) is 46.1. The van der Waals surface area contributed by atoms with Crippen LogP contribution in [-0.4, -0.2) is 74.1 Å². The average molecular weight is 550 g/mol. The first-order valence-corrected chi connectivity index (χ1v) is 14.6. The first kappa shape index (κ1) is 28.3. The number of methoxy groups -OCH3 is 1. The SMILES string of the molecule is C=C(Cl)CN1C[C@H](OCC23C[C@@H]4[C@H](C)CC[C@H]4[C@@]4(C=O)CC2C=C(C(C)C)[C@@]34C(=O)O)O[C@H](C)[C@@H](OC)C1. The van der Waals surface area contributed by atoms with E-state index in [4.69, 9.17) is 25.8 Å². The van der Waals surface area contributed by atoms with Crippen molar-refractivity contribution in [3.05, 3.63) is 23.3 Å². The lowest BCUT2D eigenvalue weighted by molar-refractivity contribution is -0.219. The number of ether oxygens (including phenoxy) is 3. The van der Waals surface area contributed by atoms with E-state index < -0.39 is 28.5 Å². The molecule has 7 nitrogen and oxygen atoms in total. The van der Waals surface area contributed by atoms with Crippen LogP contribution >= 0.6 is 11.6 Å². The number of carboxylic acids is 1. The first-order valence-electron chi connectivity index (χ1n) is 14.2. The molecule has 1 saturated heterocycles. The minimum atomic E-state index is -1.25. The van der Waals surface area contributed by atoms with E-state index in [1.54, 1.807) is 7.11 Å². The van der Waals surface area contributed by atoms with Gasteiger partial charge >= 0.3 is 5.97 Å². The predicted octanol–water partition coefficient (Wildman–Crippen LogP) is 4.74. The summed E-state index contributed by atoms with van der Waals surface area (Å²) in [7, 11) is 1.67. The second kappa shape index (κ2) is 9.99. The monoisotopic (exact) mass is 549 g/mol. The molecule has 212 valence electrons. The Hall–Kier alpha value is -1.25. The van der Waals surface area contributed by atoms with Crippen molar-refractivity contribution in [3.8, 4) is 0 Å². The van der Waals surface area contributed by atoms with Gasteiger partial charge in [-0.05, 0) is 55.8 Å². The number of carbonyl (C=O) groups excluding carboxylic acids is 1. The van der Waals surface area contributed by atoms with Crippen LogP contribution in [0.4, 0.5) is 0 Å². The molecule has 0 spiro atoms. The van der Waals surface area contributed by atoms with Gasteiger partial charge in [-0.15, -0.1) is 0 Å². The Bertz CT molecular complexity index is 1010. The maximum Gasteiger partial charge on any atom is 0.315 e. The number of aldehydes is 1. The van der Waals surface area contributed by atoms with E-state index in [0.717, 1.165) is 31.1 Å². The van der Waals surface area contributed by atoms with Gasteiger partial charge in [-0.2, -0.15) is 0 Å². The molecule has 0 aromatic rings. The number of rotatable bonds is 9. The molecule has 38 heavy (non-hydrogen) atoms. The molecule has 1 aliphatic heterocycles. The van der Waals surface area contributed by atoms with Crippen LogP contribution in [0.1, 0.15) is 53.4 Å². The molecule has 4 bridgehead atoms. The summed E-state index contributed by atoms with van der Waals surface area (Å²) in [4.78, 5) is 29.0. The summed E-state index contributed by atoms with van der Waals surface area (Å²) in [5.41, 5.74) is -1.90. The summed E-state index contributed by atoms with van der Waals surface area (Å²) in [6.07, 6.45) is 5.65. The van der Waals surface area contributed by atoms with Crippen molar-refractivity contribution in [1.29, 1.82) is 0 Å². The Morgan fingerprint density at radius 2 is 2.05 bits per heavy atom. The molecular formula is C30H44ClNO6. The molecule has 1 heterocycles. The first-order chi connectivity index (χ1) is 18.0. The van der Waals surface area contributed by atoms with Gasteiger partial charge in [-0.25, -0.2) is 0 Å². The molecule has 2 unspecified atom stereocenters. The van der Waals surface area contributed by atoms with E-state index in [1.807, 2.05) is 6.92 Å². The number of carboxylic acid groups (broad SMARTS) is 1. The maximum absolute atomic E-state index is 13.6. The van der Waals surface area contributed by atoms with E-state index in [-0.39, 0.29) is 36.6 Å². The Labute approximate surface area is 231 Å². The Morgan fingerprint density at radius 1 is 1.32 bits per heavy atom. The second-order valence-corrected chi connectivity index (χ2v) is 13.6. The highest BCUT2D eigenvalue weighted by Crippen LogP contribution is 2.82. The van der Waals surface area contributed by atoms with Crippen LogP contribution in [0.15, 0.2) is 23.3 Å².